The lowest BCUT2D eigenvalue weighted by atomic mass is 9.87. The van der Waals surface area contributed by atoms with Crippen molar-refractivity contribution in [3.8, 4) is 11.5 Å². The van der Waals surface area contributed by atoms with Crippen molar-refractivity contribution in [3.63, 3.8) is 0 Å². The molecule has 0 atom stereocenters. The molecule has 0 heterocycles. The number of methoxy groups -OCH3 is 1. The molecule has 0 fully saturated rings. The first kappa shape index (κ1) is 17.9. The molecule has 2 rings (SSSR count). The number of hydrogen-bond acceptors (Lipinski definition) is 3. The Morgan fingerprint density at radius 3 is 2.42 bits per heavy atom. The molecule has 0 aromatic heterocycles. The van der Waals surface area contributed by atoms with Gasteiger partial charge in [-0.05, 0) is 42.2 Å². The largest absolute Gasteiger partial charge is 0.495 e. The summed E-state index contributed by atoms with van der Waals surface area (Å²) < 4.78 is 10.9. The zero-order chi connectivity index (χ0) is 17.7. The van der Waals surface area contributed by atoms with Gasteiger partial charge in [0.15, 0.2) is 0 Å². The summed E-state index contributed by atoms with van der Waals surface area (Å²) in [4.78, 5) is 12.7. The standard InChI is InChI=1S/C20H25NO3/c1-6-24-17-10-8-7-9-15(17)19(22)21-16-13-14(20(2,3)4)11-12-18(16)23-5/h7-13H,6H2,1-5H3,(H,21,22). The lowest BCUT2D eigenvalue weighted by Gasteiger charge is -2.21. The Hall–Kier alpha value is -2.49. The van der Waals surface area contributed by atoms with Crippen LogP contribution in [0.25, 0.3) is 0 Å². The van der Waals surface area contributed by atoms with E-state index in [9.17, 15) is 4.79 Å². The molecule has 2 aromatic carbocycles. The first-order valence-electron chi connectivity index (χ1n) is 8.08. The van der Waals surface area contributed by atoms with Crippen molar-refractivity contribution in [2.24, 2.45) is 0 Å². The highest BCUT2D eigenvalue weighted by Crippen LogP contribution is 2.32. The van der Waals surface area contributed by atoms with Gasteiger partial charge < -0.3 is 14.8 Å². The van der Waals surface area contributed by atoms with Crippen molar-refractivity contribution in [1.82, 2.24) is 0 Å². The molecular formula is C20H25NO3. The minimum atomic E-state index is -0.219. The molecule has 0 saturated heterocycles. The Kier molecular flexibility index (Phi) is 5.50. The van der Waals surface area contributed by atoms with Crippen molar-refractivity contribution < 1.29 is 14.3 Å². The van der Waals surface area contributed by atoms with Gasteiger partial charge in [-0.2, -0.15) is 0 Å². The van der Waals surface area contributed by atoms with Crippen molar-refractivity contribution in [2.75, 3.05) is 19.0 Å². The van der Waals surface area contributed by atoms with Crippen LogP contribution in [0.2, 0.25) is 0 Å². The Morgan fingerprint density at radius 1 is 1.08 bits per heavy atom. The number of nitrogens with one attached hydrogen (secondary N) is 1. The zero-order valence-electron chi connectivity index (χ0n) is 15.0. The quantitative estimate of drug-likeness (QED) is 0.870. The van der Waals surface area contributed by atoms with Crippen LogP contribution in [0, 0.1) is 0 Å². The highest BCUT2D eigenvalue weighted by Gasteiger charge is 2.18. The number of hydrogen-bond donors (Lipinski definition) is 1. The Labute approximate surface area is 143 Å². The van der Waals surface area contributed by atoms with Gasteiger partial charge in [0, 0.05) is 0 Å². The number of anilines is 1. The smallest absolute Gasteiger partial charge is 0.259 e. The second kappa shape index (κ2) is 7.39. The number of para-hydroxylation sites is 1. The van der Waals surface area contributed by atoms with Gasteiger partial charge >= 0.3 is 0 Å². The van der Waals surface area contributed by atoms with E-state index in [0.717, 1.165) is 5.56 Å². The molecule has 0 saturated carbocycles. The zero-order valence-corrected chi connectivity index (χ0v) is 15.0. The average Bonchev–Trinajstić information content (AvgIpc) is 2.54. The molecule has 0 aliphatic carbocycles. The highest BCUT2D eigenvalue weighted by atomic mass is 16.5. The SMILES string of the molecule is CCOc1ccccc1C(=O)Nc1cc(C(C)(C)C)ccc1OC. The Bertz CT molecular complexity index is 717. The summed E-state index contributed by atoms with van der Waals surface area (Å²) >= 11 is 0. The molecular weight excluding hydrogens is 302 g/mol. The molecule has 128 valence electrons. The first-order valence-corrected chi connectivity index (χ1v) is 8.08. The number of amides is 1. The van der Waals surface area contributed by atoms with Gasteiger partial charge in [0.05, 0.1) is 25.0 Å². The lowest BCUT2D eigenvalue weighted by molar-refractivity contribution is 0.102. The van der Waals surface area contributed by atoms with Gasteiger partial charge in [0.1, 0.15) is 11.5 Å². The second-order valence-corrected chi connectivity index (χ2v) is 6.55. The molecule has 1 N–H and O–H groups in total. The van der Waals surface area contributed by atoms with Gasteiger partial charge in [-0.3, -0.25) is 4.79 Å². The molecule has 2 aromatic rings. The van der Waals surface area contributed by atoms with E-state index in [0.29, 0.717) is 29.4 Å². The van der Waals surface area contributed by atoms with E-state index in [-0.39, 0.29) is 11.3 Å². The summed E-state index contributed by atoms with van der Waals surface area (Å²) in [6.07, 6.45) is 0. The van der Waals surface area contributed by atoms with Crippen molar-refractivity contribution in [2.45, 2.75) is 33.1 Å². The van der Waals surface area contributed by atoms with Gasteiger partial charge in [-0.15, -0.1) is 0 Å². The van der Waals surface area contributed by atoms with Gasteiger partial charge in [0.25, 0.3) is 5.91 Å². The molecule has 4 nitrogen and oxygen atoms in total. The van der Waals surface area contributed by atoms with Crippen molar-refractivity contribution >= 4 is 11.6 Å². The minimum absolute atomic E-state index is 0.0189. The van der Waals surface area contributed by atoms with E-state index in [4.69, 9.17) is 9.47 Å². The maximum atomic E-state index is 12.7. The number of ether oxygens (including phenoxy) is 2. The third-order valence-corrected chi connectivity index (χ3v) is 3.75. The van der Waals surface area contributed by atoms with Gasteiger partial charge in [-0.1, -0.05) is 39.0 Å². The van der Waals surface area contributed by atoms with E-state index in [1.54, 1.807) is 19.2 Å². The van der Waals surface area contributed by atoms with Crippen LogP contribution in [0.4, 0.5) is 5.69 Å². The summed E-state index contributed by atoms with van der Waals surface area (Å²) in [6.45, 7) is 8.79. The molecule has 24 heavy (non-hydrogen) atoms. The number of carbonyl (C=O) groups excluding carboxylic acids is 1. The molecule has 0 aliphatic rings. The fourth-order valence-electron chi connectivity index (χ4n) is 2.40. The maximum absolute atomic E-state index is 12.7. The fraction of sp³-hybridized carbons (Fsp3) is 0.350. The molecule has 0 bridgehead atoms. The summed E-state index contributed by atoms with van der Waals surface area (Å²) in [6, 6.07) is 13.1. The molecule has 0 spiro atoms. The van der Waals surface area contributed by atoms with Crippen LogP contribution in [0.1, 0.15) is 43.6 Å². The van der Waals surface area contributed by atoms with Crippen LogP contribution in [0.15, 0.2) is 42.5 Å². The average molecular weight is 327 g/mol. The molecule has 0 radical (unpaired) electrons. The van der Waals surface area contributed by atoms with Crippen LogP contribution in [-0.4, -0.2) is 19.6 Å². The fourth-order valence-corrected chi connectivity index (χ4v) is 2.40. The van der Waals surface area contributed by atoms with Crippen molar-refractivity contribution in [1.29, 1.82) is 0 Å². The van der Waals surface area contributed by atoms with E-state index in [1.807, 2.05) is 37.3 Å². The molecule has 0 unspecified atom stereocenters. The number of benzene rings is 2. The Morgan fingerprint density at radius 2 is 1.79 bits per heavy atom. The van der Waals surface area contributed by atoms with Crippen LogP contribution in [-0.2, 0) is 5.41 Å². The maximum Gasteiger partial charge on any atom is 0.259 e. The normalized spacial score (nSPS) is 11.0. The first-order chi connectivity index (χ1) is 11.4. The minimum Gasteiger partial charge on any atom is -0.495 e. The van der Waals surface area contributed by atoms with E-state index < -0.39 is 0 Å². The Balaban J connectivity index is 2.35. The van der Waals surface area contributed by atoms with Crippen molar-refractivity contribution in [3.05, 3.63) is 53.6 Å². The van der Waals surface area contributed by atoms with Gasteiger partial charge in [0.2, 0.25) is 0 Å². The summed E-state index contributed by atoms with van der Waals surface area (Å²) in [7, 11) is 1.59. The lowest BCUT2D eigenvalue weighted by Crippen LogP contribution is -2.16. The third-order valence-electron chi connectivity index (χ3n) is 3.75. The summed E-state index contributed by atoms with van der Waals surface area (Å²) in [5.41, 5.74) is 2.26. The third kappa shape index (κ3) is 4.07. The number of carbonyl (C=O) groups is 1. The second-order valence-electron chi connectivity index (χ2n) is 6.55. The van der Waals surface area contributed by atoms with E-state index in [2.05, 4.69) is 26.1 Å². The summed E-state index contributed by atoms with van der Waals surface area (Å²) in [5.74, 6) is 0.983. The predicted molar refractivity (Wildman–Crippen MR) is 97.3 cm³/mol. The van der Waals surface area contributed by atoms with Gasteiger partial charge in [-0.25, -0.2) is 0 Å². The van der Waals surface area contributed by atoms with E-state index in [1.165, 1.54) is 0 Å². The van der Waals surface area contributed by atoms with Crippen LogP contribution < -0.4 is 14.8 Å². The van der Waals surface area contributed by atoms with Crippen LogP contribution in [0.3, 0.4) is 0 Å². The van der Waals surface area contributed by atoms with Crippen LogP contribution >= 0.6 is 0 Å². The van der Waals surface area contributed by atoms with E-state index >= 15 is 0 Å². The predicted octanol–water partition coefficient (Wildman–Crippen LogP) is 4.64. The molecule has 0 aliphatic heterocycles. The number of rotatable bonds is 5. The molecule has 1 amide bonds. The molecule has 4 heteroatoms. The monoisotopic (exact) mass is 327 g/mol. The topological polar surface area (TPSA) is 47.6 Å². The van der Waals surface area contributed by atoms with Crippen LogP contribution in [0.5, 0.6) is 11.5 Å². The summed E-state index contributed by atoms with van der Waals surface area (Å²) in [5, 5.41) is 2.95. The highest BCUT2D eigenvalue weighted by molar-refractivity contribution is 6.06.